The van der Waals surface area contributed by atoms with Gasteiger partial charge in [0.1, 0.15) is 12.7 Å². The third-order valence-electron chi connectivity index (χ3n) is 1.41. The predicted octanol–water partition coefficient (Wildman–Crippen LogP) is -1.28. The summed E-state index contributed by atoms with van der Waals surface area (Å²) >= 11 is 0. The number of aromatic nitrogens is 5. The Bertz CT molecular complexity index is 483. The fraction of sp³-hybridized carbons (Fsp3) is 0. The standard InChI is InChI=1S/C6H6N8/c7-6(8)13-4-3-5(11-1-10-4)14-12-2-9-3/h1-2H,(H4,7,8,10,11,13,14). The van der Waals surface area contributed by atoms with E-state index >= 15 is 0 Å². The number of nitrogens with zero attached hydrogens (tertiary/aromatic N) is 6. The molecule has 0 spiro atoms. The van der Waals surface area contributed by atoms with Crippen molar-refractivity contribution in [2.45, 2.75) is 0 Å². The molecule has 8 heteroatoms. The Morgan fingerprint density at radius 2 is 2.00 bits per heavy atom. The van der Waals surface area contributed by atoms with Gasteiger partial charge in [0.05, 0.1) is 0 Å². The summed E-state index contributed by atoms with van der Waals surface area (Å²) < 4.78 is 0. The smallest absolute Gasteiger partial charge is 0.205 e. The first-order valence-corrected chi connectivity index (χ1v) is 3.65. The van der Waals surface area contributed by atoms with Crippen molar-refractivity contribution in [1.29, 1.82) is 0 Å². The molecule has 4 N–H and O–H groups in total. The molecule has 0 amide bonds. The van der Waals surface area contributed by atoms with E-state index in [0.29, 0.717) is 11.2 Å². The van der Waals surface area contributed by atoms with E-state index in [1.54, 1.807) is 0 Å². The van der Waals surface area contributed by atoms with Gasteiger partial charge >= 0.3 is 0 Å². The summed E-state index contributed by atoms with van der Waals surface area (Å²) in [7, 11) is 0. The van der Waals surface area contributed by atoms with Crippen LogP contribution >= 0.6 is 0 Å². The van der Waals surface area contributed by atoms with Gasteiger partial charge in [0.2, 0.25) is 5.65 Å². The minimum atomic E-state index is -0.0939. The largest absolute Gasteiger partial charge is 0.370 e. The van der Waals surface area contributed by atoms with Gasteiger partial charge in [-0.15, -0.1) is 10.2 Å². The minimum absolute atomic E-state index is 0.0939. The van der Waals surface area contributed by atoms with E-state index in [0.717, 1.165) is 0 Å². The highest BCUT2D eigenvalue weighted by molar-refractivity contribution is 5.85. The van der Waals surface area contributed by atoms with Crippen LogP contribution in [0.2, 0.25) is 0 Å². The Kier molecular flexibility index (Phi) is 1.86. The number of hydrogen-bond donors (Lipinski definition) is 2. The van der Waals surface area contributed by atoms with Gasteiger partial charge in [0.15, 0.2) is 17.3 Å². The molecular weight excluding hydrogens is 184 g/mol. The molecule has 0 saturated carbocycles. The van der Waals surface area contributed by atoms with E-state index in [2.05, 4.69) is 30.1 Å². The quantitative estimate of drug-likeness (QED) is 0.423. The second-order valence-electron chi connectivity index (χ2n) is 2.37. The lowest BCUT2D eigenvalue weighted by atomic mass is 10.5. The molecule has 8 nitrogen and oxygen atoms in total. The van der Waals surface area contributed by atoms with Crippen LogP contribution in [0.15, 0.2) is 17.6 Å². The fourth-order valence-corrected chi connectivity index (χ4v) is 0.917. The summed E-state index contributed by atoms with van der Waals surface area (Å²) in [6.45, 7) is 0. The molecule has 2 aromatic heterocycles. The van der Waals surface area contributed by atoms with Gasteiger partial charge in [-0.1, -0.05) is 0 Å². The zero-order chi connectivity index (χ0) is 9.97. The van der Waals surface area contributed by atoms with Crippen molar-refractivity contribution in [2.75, 3.05) is 0 Å². The summed E-state index contributed by atoms with van der Waals surface area (Å²) in [6, 6.07) is 0. The molecule has 2 rings (SSSR count). The highest BCUT2D eigenvalue weighted by atomic mass is 15.2. The maximum atomic E-state index is 5.22. The van der Waals surface area contributed by atoms with Gasteiger partial charge in [-0.25, -0.2) is 15.0 Å². The second kappa shape index (κ2) is 3.17. The number of hydrogen-bond acceptors (Lipinski definition) is 6. The molecule has 0 aliphatic rings. The van der Waals surface area contributed by atoms with Gasteiger partial charge in [-0.2, -0.15) is 4.99 Å². The second-order valence-corrected chi connectivity index (χ2v) is 2.37. The SMILES string of the molecule is NC(N)=Nc1ncnc2nncnc12. The number of nitrogens with two attached hydrogens (primary N) is 2. The average Bonchev–Trinajstić information content (AvgIpc) is 2.18. The molecule has 2 aromatic rings. The summed E-state index contributed by atoms with van der Waals surface area (Å²) in [5.74, 6) is 0.188. The summed E-state index contributed by atoms with van der Waals surface area (Å²) in [5, 5.41) is 7.31. The predicted molar refractivity (Wildman–Crippen MR) is 48.4 cm³/mol. The maximum Gasteiger partial charge on any atom is 0.205 e. The van der Waals surface area contributed by atoms with Crippen LogP contribution < -0.4 is 11.5 Å². The van der Waals surface area contributed by atoms with Crippen LogP contribution in [0.5, 0.6) is 0 Å². The third kappa shape index (κ3) is 1.40. The fourth-order valence-electron chi connectivity index (χ4n) is 0.917. The average molecular weight is 190 g/mol. The van der Waals surface area contributed by atoms with E-state index in [-0.39, 0.29) is 11.8 Å². The third-order valence-corrected chi connectivity index (χ3v) is 1.41. The van der Waals surface area contributed by atoms with E-state index < -0.39 is 0 Å². The Morgan fingerprint density at radius 3 is 2.79 bits per heavy atom. The van der Waals surface area contributed by atoms with Crippen LogP contribution in [0.1, 0.15) is 0 Å². The van der Waals surface area contributed by atoms with E-state index in [1.165, 1.54) is 12.7 Å². The Balaban J connectivity index is 2.71. The maximum absolute atomic E-state index is 5.22. The van der Waals surface area contributed by atoms with Crippen molar-refractivity contribution < 1.29 is 0 Å². The molecule has 0 aliphatic heterocycles. The molecule has 0 saturated heterocycles. The van der Waals surface area contributed by atoms with Crippen molar-refractivity contribution >= 4 is 22.9 Å². The molecule has 0 bridgehead atoms. The molecular formula is C6H6N8. The first kappa shape index (κ1) is 8.23. The molecule has 2 heterocycles. The van der Waals surface area contributed by atoms with Gasteiger partial charge in [0.25, 0.3) is 0 Å². The van der Waals surface area contributed by atoms with Crippen molar-refractivity contribution in [1.82, 2.24) is 25.1 Å². The minimum Gasteiger partial charge on any atom is -0.370 e. The van der Waals surface area contributed by atoms with Crippen molar-refractivity contribution in [3.8, 4) is 0 Å². The Morgan fingerprint density at radius 1 is 1.14 bits per heavy atom. The molecule has 0 fully saturated rings. The van der Waals surface area contributed by atoms with Gasteiger partial charge in [-0.05, 0) is 0 Å². The zero-order valence-corrected chi connectivity index (χ0v) is 6.99. The Labute approximate surface area is 78.1 Å². The summed E-state index contributed by atoms with van der Waals surface area (Å²) in [6.07, 6.45) is 2.57. The first-order valence-electron chi connectivity index (χ1n) is 3.65. The highest BCUT2D eigenvalue weighted by Gasteiger charge is 2.04. The number of aliphatic imine (C=N–C) groups is 1. The zero-order valence-electron chi connectivity index (χ0n) is 6.99. The van der Waals surface area contributed by atoms with Gasteiger partial charge in [-0.3, -0.25) is 0 Å². The van der Waals surface area contributed by atoms with E-state index in [1.807, 2.05) is 0 Å². The van der Waals surface area contributed by atoms with Crippen molar-refractivity contribution in [3.63, 3.8) is 0 Å². The molecule has 0 aliphatic carbocycles. The van der Waals surface area contributed by atoms with E-state index in [4.69, 9.17) is 11.5 Å². The monoisotopic (exact) mass is 190 g/mol. The number of guanidine groups is 1. The van der Waals surface area contributed by atoms with Crippen LogP contribution in [0.4, 0.5) is 5.82 Å². The van der Waals surface area contributed by atoms with Crippen LogP contribution in [0, 0.1) is 0 Å². The van der Waals surface area contributed by atoms with Crippen LogP contribution in [-0.4, -0.2) is 31.1 Å². The lowest BCUT2D eigenvalue weighted by Gasteiger charge is -1.96. The van der Waals surface area contributed by atoms with Gasteiger partial charge in [0, 0.05) is 0 Å². The molecule has 70 valence electrons. The van der Waals surface area contributed by atoms with Crippen LogP contribution in [-0.2, 0) is 0 Å². The molecule has 14 heavy (non-hydrogen) atoms. The molecule has 0 aromatic carbocycles. The normalized spacial score (nSPS) is 10.0. The molecule has 0 radical (unpaired) electrons. The number of rotatable bonds is 1. The topological polar surface area (TPSA) is 129 Å². The lowest BCUT2D eigenvalue weighted by Crippen LogP contribution is -2.22. The summed E-state index contributed by atoms with van der Waals surface area (Å²) in [5.41, 5.74) is 11.2. The molecule has 0 unspecified atom stereocenters. The highest BCUT2D eigenvalue weighted by Crippen LogP contribution is 2.15. The molecule has 0 atom stereocenters. The van der Waals surface area contributed by atoms with Crippen LogP contribution in [0.25, 0.3) is 11.2 Å². The van der Waals surface area contributed by atoms with Crippen LogP contribution in [0.3, 0.4) is 0 Å². The Hall–Kier alpha value is -2.38. The first-order chi connectivity index (χ1) is 6.77. The van der Waals surface area contributed by atoms with Crippen molar-refractivity contribution in [3.05, 3.63) is 12.7 Å². The summed E-state index contributed by atoms with van der Waals surface area (Å²) in [4.78, 5) is 15.4. The van der Waals surface area contributed by atoms with Crippen molar-refractivity contribution in [2.24, 2.45) is 16.5 Å². The van der Waals surface area contributed by atoms with E-state index in [9.17, 15) is 0 Å². The number of fused-ring (bicyclic) bond motifs is 1. The van der Waals surface area contributed by atoms with Gasteiger partial charge < -0.3 is 11.5 Å². The lowest BCUT2D eigenvalue weighted by molar-refractivity contribution is 0.988.